The Labute approximate surface area is 363 Å². The fraction of sp³-hybridized carbons (Fsp3) is 0.0625. The molecule has 2 heterocycles. The van der Waals surface area contributed by atoms with Crippen molar-refractivity contribution >= 4 is 37.3 Å². The number of hydrogen-bond donors (Lipinski definition) is 2. The second kappa shape index (κ2) is 16.1. The second-order valence-corrected chi connectivity index (χ2v) is 17.8. The number of anilines is 3. The average Bonchev–Trinajstić information content (AvgIpc) is 3.28. The summed E-state index contributed by atoms with van der Waals surface area (Å²) in [5.74, 6) is 2.95. The van der Waals surface area contributed by atoms with Crippen molar-refractivity contribution in [2.75, 3.05) is 4.90 Å². The van der Waals surface area contributed by atoms with E-state index in [4.69, 9.17) is 29.2 Å². The van der Waals surface area contributed by atoms with Crippen molar-refractivity contribution in [2.24, 2.45) is 0 Å². The molecule has 0 saturated heterocycles. The first-order valence-corrected chi connectivity index (χ1v) is 22.3. The Morgan fingerprint density at radius 2 is 0.873 bits per heavy atom. The van der Waals surface area contributed by atoms with E-state index in [2.05, 4.69) is 18.7 Å². The van der Waals surface area contributed by atoms with E-state index in [0.717, 1.165) is 33.6 Å². The third kappa shape index (κ3) is 8.45. The van der Waals surface area contributed by atoms with Gasteiger partial charge in [0.25, 0.3) is 20.2 Å². The third-order valence-corrected chi connectivity index (χ3v) is 12.2. The predicted octanol–water partition coefficient (Wildman–Crippen LogP) is 11.2. The van der Waals surface area contributed by atoms with Crippen molar-refractivity contribution in [2.45, 2.75) is 29.1 Å². The van der Waals surface area contributed by atoms with Crippen LogP contribution in [0.1, 0.15) is 25.0 Å². The summed E-state index contributed by atoms with van der Waals surface area (Å²) in [5.41, 5.74) is 4.85. The number of aromatic nitrogens is 3. The first kappa shape index (κ1) is 40.9. The summed E-state index contributed by atoms with van der Waals surface area (Å²) in [5, 5.41) is 0. The Kier molecular flexibility index (Phi) is 10.5. The van der Waals surface area contributed by atoms with Crippen LogP contribution < -0.4 is 19.1 Å². The van der Waals surface area contributed by atoms with E-state index in [9.17, 15) is 25.9 Å². The number of ether oxygens (including phenoxy) is 3. The molecule has 0 unspecified atom stereocenters. The van der Waals surface area contributed by atoms with Gasteiger partial charge in [-0.3, -0.25) is 9.11 Å². The Balaban J connectivity index is 1.16. The zero-order valence-electron chi connectivity index (χ0n) is 33.5. The molecule has 314 valence electrons. The number of para-hydroxylation sites is 2. The third-order valence-electron chi connectivity index (χ3n) is 10.5. The molecule has 13 nitrogen and oxygen atoms in total. The molecule has 0 radical (unpaired) electrons. The van der Waals surface area contributed by atoms with Crippen molar-refractivity contribution < 1.29 is 40.2 Å². The van der Waals surface area contributed by atoms with Crippen LogP contribution in [0.15, 0.2) is 180 Å². The van der Waals surface area contributed by atoms with Crippen LogP contribution in [0.4, 0.5) is 17.1 Å². The van der Waals surface area contributed by atoms with Gasteiger partial charge >= 0.3 is 6.01 Å². The Morgan fingerprint density at radius 3 is 1.32 bits per heavy atom. The van der Waals surface area contributed by atoms with Gasteiger partial charge in [0.1, 0.15) is 23.0 Å². The van der Waals surface area contributed by atoms with Crippen molar-refractivity contribution in [3.05, 3.63) is 181 Å². The van der Waals surface area contributed by atoms with Crippen LogP contribution in [0.2, 0.25) is 0 Å². The molecule has 1 aliphatic rings. The summed E-state index contributed by atoms with van der Waals surface area (Å²) in [6.45, 7) is 4.14. The van der Waals surface area contributed by atoms with Gasteiger partial charge < -0.3 is 19.1 Å². The maximum atomic E-state index is 11.7. The minimum Gasteiger partial charge on any atom is -0.457 e. The molecule has 0 atom stereocenters. The van der Waals surface area contributed by atoms with Crippen LogP contribution in [0.5, 0.6) is 34.8 Å². The molecular weight excluding hydrogens is 841 g/mol. The van der Waals surface area contributed by atoms with Crippen LogP contribution >= 0.6 is 0 Å². The molecule has 9 rings (SSSR count). The number of benzene rings is 7. The predicted molar refractivity (Wildman–Crippen MR) is 237 cm³/mol. The van der Waals surface area contributed by atoms with Gasteiger partial charge in [-0.2, -0.15) is 26.8 Å². The molecule has 1 aromatic heterocycles. The smallest absolute Gasteiger partial charge is 0.326 e. The lowest BCUT2D eigenvalue weighted by atomic mass is 9.73. The van der Waals surface area contributed by atoms with Gasteiger partial charge in [-0.15, -0.1) is 0 Å². The molecule has 0 spiro atoms. The first-order chi connectivity index (χ1) is 30.2. The normalized spacial score (nSPS) is 13.1. The number of fused-ring (bicyclic) bond motifs is 2. The lowest BCUT2D eigenvalue weighted by molar-refractivity contribution is 0.442. The summed E-state index contributed by atoms with van der Waals surface area (Å²) in [6, 6.07) is 49.0. The van der Waals surface area contributed by atoms with Crippen LogP contribution in [0.3, 0.4) is 0 Å². The second-order valence-electron chi connectivity index (χ2n) is 15.0. The van der Waals surface area contributed by atoms with E-state index in [1.54, 1.807) is 0 Å². The van der Waals surface area contributed by atoms with Crippen molar-refractivity contribution in [1.82, 2.24) is 15.0 Å². The Bertz CT molecular complexity index is 3040. The highest BCUT2D eigenvalue weighted by Gasteiger charge is 2.39. The van der Waals surface area contributed by atoms with Gasteiger partial charge in [0, 0.05) is 16.5 Å². The highest BCUT2D eigenvalue weighted by atomic mass is 32.2. The maximum absolute atomic E-state index is 11.7. The number of hydrogen-bond acceptors (Lipinski definition) is 11. The summed E-state index contributed by atoms with van der Waals surface area (Å²) >= 11 is 0. The maximum Gasteiger partial charge on any atom is 0.326 e. The minimum absolute atomic E-state index is 0.0838. The lowest BCUT2D eigenvalue weighted by Crippen LogP contribution is -2.30. The summed E-state index contributed by atoms with van der Waals surface area (Å²) in [4.78, 5) is 15.9. The van der Waals surface area contributed by atoms with Crippen LogP contribution in [-0.4, -0.2) is 40.9 Å². The monoisotopic (exact) mass is 876 g/mol. The van der Waals surface area contributed by atoms with Crippen LogP contribution in [0.25, 0.3) is 22.8 Å². The molecule has 0 saturated carbocycles. The van der Waals surface area contributed by atoms with Crippen molar-refractivity contribution in [1.29, 1.82) is 0 Å². The van der Waals surface area contributed by atoms with E-state index in [1.165, 1.54) is 48.5 Å². The lowest BCUT2D eigenvalue weighted by Gasteiger charge is -2.42. The molecule has 7 aromatic carbocycles. The van der Waals surface area contributed by atoms with Gasteiger partial charge in [-0.05, 0) is 108 Å². The van der Waals surface area contributed by atoms with Gasteiger partial charge in [0.2, 0.25) is 0 Å². The van der Waals surface area contributed by atoms with Crippen LogP contribution in [-0.2, 0) is 25.7 Å². The molecule has 8 aromatic rings. The molecular formula is C48H36N4O9S2. The summed E-state index contributed by atoms with van der Waals surface area (Å²) in [7, 11) is -8.79. The molecule has 2 N–H and O–H groups in total. The van der Waals surface area contributed by atoms with E-state index < -0.39 is 25.7 Å². The molecule has 0 amide bonds. The zero-order chi connectivity index (χ0) is 43.9. The summed E-state index contributed by atoms with van der Waals surface area (Å²) in [6.07, 6.45) is 0. The molecule has 63 heavy (non-hydrogen) atoms. The summed E-state index contributed by atoms with van der Waals surface area (Å²) < 4.78 is 84.9. The van der Waals surface area contributed by atoms with Crippen molar-refractivity contribution in [3.8, 4) is 57.5 Å². The first-order valence-electron chi connectivity index (χ1n) is 19.4. The molecule has 0 aliphatic carbocycles. The topological polar surface area (TPSA) is 178 Å². The Hall–Kier alpha value is -7.43. The van der Waals surface area contributed by atoms with E-state index >= 15 is 0 Å². The van der Waals surface area contributed by atoms with Gasteiger partial charge in [0.05, 0.1) is 26.9 Å². The Morgan fingerprint density at radius 1 is 0.460 bits per heavy atom. The number of nitrogens with zero attached hydrogens (tertiary/aromatic N) is 4. The molecule has 15 heteroatoms. The standard InChI is InChI=1S/C48H36N4O9S2/c1-48(2)39-29-35(59-33-17-23-37(24-18-33)62(53,54)55)21-27-41(39)52(42-28-22-36(30-40(42)48)60-34-19-25-38(26-20-34)63(56,57)58)43-15-9-10-16-44(43)61-47-50-45(31-11-5-3-6-12-31)49-46(51-47)32-13-7-4-8-14-32/h3-30H,1-2H3,(H,53,54,55)(H,56,57,58). The molecule has 0 fully saturated rings. The van der Waals surface area contributed by atoms with Gasteiger partial charge in [-0.25, -0.2) is 4.98 Å². The van der Waals surface area contributed by atoms with E-state index in [-0.39, 0.29) is 15.8 Å². The SMILES string of the molecule is CC1(C)c2cc(Oc3ccc(S(=O)(=O)O)cc3)ccc2N(c2ccccc2Oc2nc(-c3ccccc3)nc(-c3ccccc3)n2)c2ccc(Oc3ccc(S(=O)(=O)O)cc3)cc21. The molecule has 1 aliphatic heterocycles. The largest absolute Gasteiger partial charge is 0.457 e. The van der Waals surface area contributed by atoms with Gasteiger partial charge in [-0.1, -0.05) is 86.6 Å². The highest BCUT2D eigenvalue weighted by molar-refractivity contribution is 7.86. The quantitative estimate of drug-likeness (QED) is 0.117. The fourth-order valence-corrected chi connectivity index (χ4v) is 8.34. The zero-order valence-corrected chi connectivity index (χ0v) is 35.2. The molecule has 0 bridgehead atoms. The highest BCUT2D eigenvalue weighted by Crippen LogP contribution is 2.55. The number of rotatable bonds is 11. The van der Waals surface area contributed by atoms with Gasteiger partial charge in [0.15, 0.2) is 17.4 Å². The van der Waals surface area contributed by atoms with E-state index in [0.29, 0.717) is 46.1 Å². The van der Waals surface area contributed by atoms with Crippen LogP contribution in [0, 0.1) is 0 Å². The minimum atomic E-state index is -4.39. The van der Waals surface area contributed by atoms with Crippen molar-refractivity contribution in [3.63, 3.8) is 0 Å². The fourth-order valence-electron chi connectivity index (χ4n) is 7.38. The van der Waals surface area contributed by atoms with E-state index in [1.807, 2.05) is 121 Å². The average molecular weight is 877 g/mol.